The second-order valence-corrected chi connectivity index (χ2v) is 5.34. The van der Waals surface area contributed by atoms with Crippen LogP contribution in [-0.2, 0) is 4.79 Å². The quantitative estimate of drug-likeness (QED) is 0.447. The topological polar surface area (TPSA) is 106 Å². The molecule has 0 saturated heterocycles. The molecule has 2 aromatic rings. The number of primary amides is 1. The lowest BCUT2D eigenvalue weighted by Gasteiger charge is -2.13. The van der Waals surface area contributed by atoms with Gasteiger partial charge in [0.05, 0.1) is 34.1 Å². The molecule has 7 heteroatoms. The van der Waals surface area contributed by atoms with Crippen molar-refractivity contribution < 1.29 is 23.7 Å². The molecule has 2 rings (SSSR count). The fraction of sp³-hybridized carbons (Fsp3) is 0.211. The molecular formula is C19H22N2O5. The highest BCUT2D eigenvalue weighted by Crippen LogP contribution is 2.39. The number of ether oxygens (including phenoxy) is 4. The van der Waals surface area contributed by atoms with Gasteiger partial charge in [0.15, 0.2) is 11.5 Å². The second-order valence-electron chi connectivity index (χ2n) is 5.34. The third-order valence-electron chi connectivity index (χ3n) is 3.80. The van der Waals surface area contributed by atoms with Crippen LogP contribution in [0.4, 0.5) is 5.69 Å². The molecule has 2 aromatic carbocycles. The average Bonchev–Trinajstić information content (AvgIpc) is 2.64. The van der Waals surface area contributed by atoms with Crippen molar-refractivity contribution in [2.75, 3.05) is 34.2 Å². The van der Waals surface area contributed by atoms with Crippen molar-refractivity contribution in [1.29, 1.82) is 0 Å². The lowest BCUT2D eigenvalue weighted by Crippen LogP contribution is -2.13. The van der Waals surface area contributed by atoms with Crippen molar-refractivity contribution in [1.82, 2.24) is 0 Å². The maximum absolute atomic E-state index is 12.0. The Morgan fingerprint density at radius 1 is 0.885 bits per heavy atom. The Bertz CT molecular complexity index is 821. The van der Waals surface area contributed by atoms with Crippen LogP contribution >= 0.6 is 0 Å². The number of nitrogens with two attached hydrogens (primary N) is 2. The Morgan fingerprint density at radius 2 is 1.46 bits per heavy atom. The fourth-order valence-corrected chi connectivity index (χ4v) is 2.55. The molecule has 26 heavy (non-hydrogen) atoms. The minimum absolute atomic E-state index is 0.286. The molecular weight excluding hydrogens is 336 g/mol. The minimum Gasteiger partial charge on any atom is -0.495 e. The summed E-state index contributed by atoms with van der Waals surface area (Å²) in [6.45, 7) is 0. The molecule has 0 saturated carbocycles. The summed E-state index contributed by atoms with van der Waals surface area (Å²) in [7, 11) is 6.07. The summed E-state index contributed by atoms with van der Waals surface area (Å²) in [6, 6.07) is 8.46. The Balaban J connectivity index is 2.59. The molecule has 138 valence electrons. The minimum atomic E-state index is -0.594. The lowest BCUT2D eigenvalue weighted by molar-refractivity contribution is -0.112. The molecule has 0 atom stereocenters. The lowest BCUT2D eigenvalue weighted by atomic mass is 10.0. The number of hydrogen-bond donors (Lipinski definition) is 2. The van der Waals surface area contributed by atoms with E-state index in [4.69, 9.17) is 30.4 Å². The van der Waals surface area contributed by atoms with E-state index in [1.807, 2.05) is 0 Å². The summed E-state index contributed by atoms with van der Waals surface area (Å²) in [5, 5.41) is 0. The van der Waals surface area contributed by atoms with Gasteiger partial charge in [0, 0.05) is 5.57 Å². The van der Waals surface area contributed by atoms with Crippen LogP contribution in [0.3, 0.4) is 0 Å². The van der Waals surface area contributed by atoms with Gasteiger partial charge in [0.2, 0.25) is 11.7 Å². The zero-order chi connectivity index (χ0) is 19.3. The first-order valence-electron chi connectivity index (χ1n) is 7.70. The van der Waals surface area contributed by atoms with E-state index in [1.54, 1.807) is 36.4 Å². The third-order valence-corrected chi connectivity index (χ3v) is 3.80. The van der Waals surface area contributed by atoms with E-state index >= 15 is 0 Å². The summed E-state index contributed by atoms with van der Waals surface area (Å²) in [4.78, 5) is 12.0. The Labute approximate surface area is 152 Å². The molecule has 0 aromatic heterocycles. The van der Waals surface area contributed by atoms with Gasteiger partial charge in [-0.15, -0.1) is 0 Å². The van der Waals surface area contributed by atoms with Gasteiger partial charge in [0.25, 0.3) is 0 Å². The predicted molar refractivity (Wildman–Crippen MR) is 101 cm³/mol. The number of amides is 1. The van der Waals surface area contributed by atoms with Gasteiger partial charge in [-0.2, -0.15) is 0 Å². The number of nitrogen functional groups attached to an aromatic ring is 1. The van der Waals surface area contributed by atoms with Gasteiger partial charge >= 0.3 is 0 Å². The third kappa shape index (κ3) is 3.83. The summed E-state index contributed by atoms with van der Waals surface area (Å²) in [5.74, 6) is 1.32. The largest absolute Gasteiger partial charge is 0.495 e. The van der Waals surface area contributed by atoms with Gasteiger partial charge in [-0.1, -0.05) is 6.07 Å². The standard InChI is InChI=1S/C19H22N2O5/c1-23-15-6-5-12(10-14(15)20)13(19(21)22)7-11-8-16(24-2)18(26-4)17(9-11)25-3/h5-10H,20H2,1-4H3,(H2,21,22)/b13-7+. The number of carbonyl (C=O) groups is 1. The summed E-state index contributed by atoms with van der Waals surface area (Å²) >= 11 is 0. The van der Waals surface area contributed by atoms with Crippen LogP contribution in [0.2, 0.25) is 0 Å². The van der Waals surface area contributed by atoms with Gasteiger partial charge in [-0.3, -0.25) is 4.79 Å². The Kier molecular flexibility index (Phi) is 5.95. The maximum atomic E-state index is 12.0. The number of methoxy groups -OCH3 is 4. The van der Waals surface area contributed by atoms with Crippen LogP contribution in [0, 0.1) is 0 Å². The van der Waals surface area contributed by atoms with E-state index < -0.39 is 5.91 Å². The molecule has 0 fully saturated rings. The van der Waals surface area contributed by atoms with Crippen LogP contribution in [0.15, 0.2) is 30.3 Å². The van der Waals surface area contributed by atoms with Crippen molar-refractivity contribution in [3.8, 4) is 23.0 Å². The van der Waals surface area contributed by atoms with Gasteiger partial charge in [-0.05, 0) is 41.5 Å². The van der Waals surface area contributed by atoms with Crippen LogP contribution in [0.5, 0.6) is 23.0 Å². The number of anilines is 1. The normalized spacial score (nSPS) is 11.0. The van der Waals surface area contributed by atoms with E-state index in [2.05, 4.69) is 0 Å². The maximum Gasteiger partial charge on any atom is 0.249 e. The molecule has 0 bridgehead atoms. The first kappa shape index (κ1) is 19.0. The first-order valence-corrected chi connectivity index (χ1v) is 7.70. The van der Waals surface area contributed by atoms with Crippen LogP contribution in [-0.4, -0.2) is 34.3 Å². The summed E-state index contributed by atoms with van der Waals surface area (Å²) in [6.07, 6.45) is 1.63. The smallest absolute Gasteiger partial charge is 0.249 e. The molecule has 0 aliphatic heterocycles. The molecule has 4 N–H and O–H groups in total. The highest BCUT2D eigenvalue weighted by Gasteiger charge is 2.15. The van der Waals surface area contributed by atoms with E-state index in [0.29, 0.717) is 39.8 Å². The van der Waals surface area contributed by atoms with E-state index in [9.17, 15) is 4.79 Å². The highest BCUT2D eigenvalue weighted by atomic mass is 16.5. The monoisotopic (exact) mass is 358 g/mol. The molecule has 7 nitrogen and oxygen atoms in total. The van der Waals surface area contributed by atoms with Crippen molar-refractivity contribution in [3.63, 3.8) is 0 Å². The number of hydrogen-bond acceptors (Lipinski definition) is 6. The second kappa shape index (κ2) is 8.15. The van der Waals surface area contributed by atoms with Crippen LogP contribution < -0.4 is 30.4 Å². The molecule has 0 heterocycles. The Morgan fingerprint density at radius 3 is 1.88 bits per heavy atom. The van der Waals surface area contributed by atoms with Crippen molar-refractivity contribution in [2.24, 2.45) is 5.73 Å². The SMILES string of the molecule is COc1ccc(/C(=C\c2cc(OC)c(OC)c(OC)c2)C(N)=O)cc1N. The molecule has 0 radical (unpaired) electrons. The van der Waals surface area contributed by atoms with Crippen molar-refractivity contribution in [2.45, 2.75) is 0 Å². The fourth-order valence-electron chi connectivity index (χ4n) is 2.55. The number of rotatable bonds is 7. The summed E-state index contributed by atoms with van der Waals surface area (Å²) < 4.78 is 21.1. The van der Waals surface area contributed by atoms with Gasteiger partial charge < -0.3 is 30.4 Å². The molecule has 0 unspecified atom stereocenters. The van der Waals surface area contributed by atoms with E-state index in [0.717, 1.165) is 0 Å². The first-order chi connectivity index (χ1) is 12.4. The van der Waals surface area contributed by atoms with E-state index in [-0.39, 0.29) is 5.57 Å². The zero-order valence-electron chi connectivity index (χ0n) is 15.2. The van der Waals surface area contributed by atoms with Gasteiger partial charge in [-0.25, -0.2) is 0 Å². The van der Waals surface area contributed by atoms with Crippen LogP contribution in [0.1, 0.15) is 11.1 Å². The molecule has 0 spiro atoms. The Hall–Kier alpha value is -3.35. The highest BCUT2D eigenvalue weighted by molar-refractivity contribution is 6.23. The zero-order valence-corrected chi connectivity index (χ0v) is 15.2. The summed E-state index contributed by atoms with van der Waals surface area (Å²) in [5.41, 5.74) is 13.4. The number of benzene rings is 2. The van der Waals surface area contributed by atoms with Crippen LogP contribution in [0.25, 0.3) is 11.6 Å². The molecule has 0 aliphatic carbocycles. The predicted octanol–water partition coefficient (Wildman–Crippen LogP) is 2.33. The van der Waals surface area contributed by atoms with Crippen molar-refractivity contribution >= 4 is 23.2 Å². The number of carbonyl (C=O) groups excluding carboxylic acids is 1. The van der Waals surface area contributed by atoms with Gasteiger partial charge in [0.1, 0.15) is 5.75 Å². The molecule has 1 amide bonds. The van der Waals surface area contributed by atoms with E-state index in [1.165, 1.54) is 28.4 Å². The van der Waals surface area contributed by atoms with Crippen molar-refractivity contribution in [3.05, 3.63) is 41.5 Å². The molecule has 0 aliphatic rings. The average molecular weight is 358 g/mol.